The van der Waals surface area contributed by atoms with Gasteiger partial charge >= 0.3 is 7.12 Å². The SMILES string of the molecule is [2H]C1=NCC=C(B2OC(C)(C)C(C)(C)O2)C1. The molecule has 2 heterocycles. The standard InChI is InChI=1S/C11H18BNO2/c1-10(2)11(3,4)15-12(14-10)9-5-7-13-8-6-9/h5,8H,6-7H2,1-4H3/i8D. The zero-order chi connectivity index (χ0) is 12.0. The molecule has 2 aliphatic heterocycles. The number of dihydropyridines is 1. The van der Waals surface area contributed by atoms with Crippen LogP contribution in [0.3, 0.4) is 0 Å². The fourth-order valence-electron chi connectivity index (χ4n) is 1.62. The summed E-state index contributed by atoms with van der Waals surface area (Å²) in [5.74, 6) is 0. The van der Waals surface area contributed by atoms with Gasteiger partial charge in [0, 0.05) is 12.6 Å². The Balaban J connectivity index is 2.12. The van der Waals surface area contributed by atoms with E-state index in [-0.39, 0.29) is 18.3 Å². The molecule has 1 saturated heterocycles. The van der Waals surface area contributed by atoms with Crippen molar-refractivity contribution in [1.29, 1.82) is 0 Å². The smallest absolute Gasteiger partial charge is 0.400 e. The highest BCUT2D eigenvalue weighted by Gasteiger charge is 2.52. The molecule has 82 valence electrons. The average molecular weight is 208 g/mol. The minimum absolute atomic E-state index is 0.310. The Kier molecular flexibility index (Phi) is 2.22. The van der Waals surface area contributed by atoms with Crippen LogP contribution in [-0.2, 0) is 9.31 Å². The summed E-state index contributed by atoms with van der Waals surface area (Å²) >= 11 is 0. The van der Waals surface area contributed by atoms with E-state index >= 15 is 0 Å². The minimum Gasteiger partial charge on any atom is -0.400 e. The number of hydrogen-bond donors (Lipinski definition) is 0. The van der Waals surface area contributed by atoms with Crippen LogP contribution < -0.4 is 0 Å². The van der Waals surface area contributed by atoms with Crippen molar-refractivity contribution in [2.24, 2.45) is 4.99 Å². The summed E-state index contributed by atoms with van der Waals surface area (Å²) in [6.45, 7) is 8.70. The Morgan fingerprint density at radius 3 is 2.47 bits per heavy atom. The van der Waals surface area contributed by atoms with Gasteiger partial charge in [-0.05, 0) is 33.2 Å². The van der Waals surface area contributed by atoms with Crippen molar-refractivity contribution in [2.75, 3.05) is 6.54 Å². The van der Waals surface area contributed by atoms with Crippen molar-refractivity contribution >= 4 is 13.3 Å². The Morgan fingerprint density at radius 2 is 1.93 bits per heavy atom. The van der Waals surface area contributed by atoms with E-state index in [9.17, 15) is 0 Å². The monoisotopic (exact) mass is 208 g/mol. The Labute approximate surface area is 93.1 Å². The molecule has 3 nitrogen and oxygen atoms in total. The third kappa shape index (κ3) is 1.88. The van der Waals surface area contributed by atoms with E-state index in [1.165, 1.54) is 0 Å². The first kappa shape index (κ1) is 9.61. The summed E-state index contributed by atoms with van der Waals surface area (Å²) in [5.41, 5.74) is 0.406. The van der Waals surface area contributed by atoms with Crippen LogP contribution >= 0.6 is 0 Å². The lowest BCUT2D eigenvalue weighted by atomic mass is 9.75. The summed E-state index contributed by atoms with van der Waals surface area (Å²) in [7, 11) is -0.319. The van der Waals surface area contributed by atoms with Crippen LogP contribution in [0.4, 0.5) is 0 Å². The fourth-order valence-corrected chi connectivity index (χ4v) is 1.62. The lowest BCUT2D eigenvalue weighted by molar-refractivity contribution is 0.00578. The van der Waals surface area contributed by atoms with Crippen LogP contribution in [0.15, 0.2) is 16.5 Å². The Hall–Kier alpha value is -0.605. The van der Waals surface area contributed by atoms with Crippen LogP contribution in [-0.4, -0.2) is 31.1 Å². The maximum atomic E-state index is 7.56. The van der Waals surface area contributed by atoms with Gasteiger partial charge in [-0.2, -0.15) is 0 Å². The third-order valence-electron chi connectivity index (χ3n) is 3.40. The van der Waals surface area contributed by atoms with Crippen molar-refractivity contribution in [2.45, 2.75) is 45.3 Å². The first-order chi connectivity index (χ1) is 7.32. The van der Waals surface area contributed by atoms with Crippen molar-refractivity contribution in [3.63, 3.8) is 0 Å². The van der Waals surface area contributed by atoms with Gasteiger partial charge in [0.2, 0.25) is 0 Å². The largest absolute Gasteiger partial charge is 0.490 e. The molecule has 0 bridgehead atoms. The molecule has 0 amide bonds. The van der Waals surface area contributed by atoms with Gasteiger partial charge in [0.15, 0.2) is 0 Å². The number of allylic oxidation sites excluding steroid dienone is 1. The Morgan fingerprint density at radius 1 is 1.33 bits per heavy atom. The predicted octanol–water partition coefficient (Wildman–Crippen LogP) is 2.02. The van der Waals surface area contributed by atoms with Gasteiger partial charge in [-0.3, -0.25) is 4.99 Å². The van der Waals surface area contributed by atoms with Crippen LogP contribution in [0.25, 0.3) is 0 Å². The molecule has 2 aliphatic rings. The summed E-state index contributed by atoms with van der Waals surface area (Å²) < 4.78 is 19.4. The molecule has 0 aliphatic carbocycles. The molecule has 1 fully saturated rings. The van der Waals surface area contributed by atoms with E-state index in [2.05, 4.69) is 4.99 Å². The zero-order valence-electron chi connectivity index (χ0n) is 10.8. The van der Waals surface area contributed by atoms with Crippen molar-refractivity contribution in [3.05, 3.63) is 11.5 Å². The van der Waals surface area contributed by atoms with Gasteiger partial charge in [0.05, 0.1) is 19.1 Å². The van der Waals surface area contributed by atoms with E-state index in [1.54, 1.807) is 0 Å². The van der Waals surface area contributed by atoms with Gasteiger partial charge in [-0.15, -0.1) is 0 Å². The van der Waals surface area contributed by atoms with E-state index in [0.717, 1.165) is 5.47 Å². The molecule has 0 aromatic rings. The van der Waals surface area contributed by atoms with Crippen LogP contribution in [0.2, 0.25) is 0 Å². The maximum absolute atomic E-state index is 7.56. The minimum atomic E-state index is -0.319. The fraction of sp³-hybridized carbons (Fsp3) is 0.727. The molecule has 0 atom stereocenters. The van der Waals surface area contributed by atoms with Gasteiger partial charge in [0.1, 0.15) is 0 Å². The molecule has 0 aromatic heterocycles. The number of nitrogens with zero attached hydrogens (tertiary/aromatic N) is 1. The van der Waals surface area contributed by atoms with Gasteiger partial charge in [-0.1, -0.05) is 6.08 Å². The van der Waals surface area contributed by atoms with E-state index in [4.69, 9.17) is 10.7 Å². The molecule has 0 aromatic carbocycles. The van der Waals surface area contributed by atoms with Crippen LogP contribution in [0.5, 0.6) is 0 Å². The number of aliphatic imine (C=N–C) groups is 1. The highest BCUT2D eigenvalue weighted by Crippen LogP contribution is 2.39. The zero-order valence-corrected chi connectivity index (χ0v) is 9.83. The molecule has 2 rings (SSSR count). The number of hydrogen-bond acceptors (Lipinski definition) is 3. The molecule has 0 spiro atoms. The summed E-state index contributed by atoms with van der Waals surface area (Å²) in [5, 5.41) is 0. The van der Waals surface area contributed by atoms with E-state index in [1.807, 2.05) is 33.8 Å². The normalized spacial score (nSPS) is 29.6. The molecule has 15 heavy (non-hydrogen) atoms. The highest BCUT2D eigenvalue weighted by atomic mass is 16.7. The second-order valence-electron chi connectivity index (χ2n) is 5.04. The lowest BCUT2D eigenvalue weighted by Gasteiger charge is -2.32. The van der Waals surface area contributed by atoms with Crippen molar-refractivity contribution in [3.8, 4) is 0 Å². The topological polar surface area (TPSA) is 30.8 Å². The highest BCUT2D eigenvalue weighted by molar-refractivity contribution is 6.55. The number of rotatable bonds is 1. The summed E-state index contributed by atoms with van der Waals surface area (Å²) in [4.78, 5) is 4.02. The molecule has 4 heteroatoms. The van der Waals surface area contributed by atoms with E-state index < -0.39 is 0 Å². The average Bonchev–Trinajstić information content (AvgIpc) is 2.36. The quantitative estimate of drug-likeness (QED) is 0.617. The molecule has 0 radical (unpaired) electrons. The molecular formula is C11H18BNO2. The Bertz CT molecular complexity index is 347. The van der Waals surface area contributed by atoms with Crippen molar-refractivity contribution < 1.29 is 10.7 Å². The summed E-state index contributed by atoms with van der Waals surface area (Å²) in [6.07, 6.45) is 2.95. The van der Waals surface area contributed by atoms with Crippen LogP contribution in [0, 0.1) is 0 Å². The van der Waals surface area contributed by atoms with E-state index in [0.29, 0.717) is 19.2 Å². The molecular weight excluding hydrogens is 189 g/mol. The van der Waals surface area contributed by atoms with Gasteiger partial charge in [-0.25, -0.2) is 0 Å². The second-order valence-corrected chi connectivity index (χ2v) is 5.04. The molecule has 0 N–H and O–H groups in total. The molecule has 0 saturated carbocycles. The first-order valence-corrected chi connectivity index (χ1v) is 5.36. The lowest BCUT2D eigenvalue weighted by Crippen LogP contribution is -2.41. The predicted molar refractivity (Wildman–Crippen MR) is 62.1 cm³/mol. The first-order valence-electron chi connectivity index (χ1n) is 5.86. The second kappa shape index (κ2) is 3.46. The van der Waals surface area contributed by atoms with Crippen molar-refractivity contribution in [1.82, 2.24) is 0 Å². The third-order valence-corrected chi connectivity index (χ3v) is 3.40. The van der Waals surface area contributed by atoms with Gasteiger partial charge < -0.3 is 9.31 Å². The summed E-state index contributed by atoms with van der Waals surface area (Å²) in [6, 6.07) is 0. The molecule has 0 unspecified atom stereocenters. The van der Waals surface area contributed by atoms with Gasteiger partial charge in [0.25, 0.3) is 0 Å². The van der Waals surface area contributed by atoms with Crippen LogP contribution in [0.1, 0.15) is 35.5 Å². The maximum Gasteiger partial charge on any atom is 0.490 e.